The van der Waals surface area contributed by atoms with Crippen LogP contribution in [0.3, 0.4) is 0 Å². The molecule has 4 N–H and O–H groups in total. The van der Waals surface area contributed by atoms with Crippen molar-refractivity contribution >= 4 is 52.0 Å². The lowest BCUT2D eigenvalue weighted by Gasteiger charge is -2.25. The number of carbonyl (C=O) groups excluding carboxylic acids is 3. The van der Waals surface area contributed by atoms with Gasteiger partial charge in [-0.2, -0.15) is 0 Å². The predicted octanol–water partition coefficient (Wildman–Crippen LogP) is 1.67. The maximum atomic E-state index is 12.7. The quantitative estimate of drug-likeness (QED) is 0.479. The van der Waals surface area contributed by atoms with Crippen molar-refractivity contribution in [3.05, 3.63) is 52.2 Å². The first-order valence-corrected chi connectivity index (χ1v) is 8.93. The van der Waals surface area contributed by atoms with Gasteiger partial charge in [0, 0.05) is 35.4 Å². The molecule has 28 heavy (non-hydrogen) atoms. The van der Waals surface area contributed by atoms with Crippen LogP contribution in [0, 0.1) is 0 Å². The van der Waals surface area contributed by atoms with E-state index in [1.165, 1.54) is 6.20 Å². The molecule has 1 unspecified atom stereocenters. The van der Waals surface area contributed by atoms with Gasteiger partial charge >= 0.3 is 6.03 Å². The maximum Gasteiger partial charge on any atom is 0.322 e. The molecule has 0 saturated carbocycles. The van der Waals surface area contributed by atoms with Gasteiger partial charge in [0.25, 0.3) is 11.8 Å². The summed E-state index contributed by atoms with van der Waals surface area (Å²) >= 11 is 12.1. The topological polar surface area (TPSA) is 121 Å². The Morgan fingerprint density at radius 1 is 1.29 bits per heavy atom. The molecule has 144 valence electrons. The van der Waals surface area contributed by atoms with Crippen molar-refractivity contribution in [2.24, 2.45) is 7.05 Å². The van der Waals surface area contributed by atoms with Gasteiger partial charge in [0.15, 0.2) is 5.54 Å². The van der Waals surface area contributed by atoms with E-state index >= 15 is 0 Å². The number of aromatic nitrogens is 3. The molecule has 0 bridgehead atoms. The van der Waals surface area contributed by atoms with Crippen molar-refractivity contribution in [3.63, 3.8) is 0 Å². The van der Waals surface area contributed by atoms with Gasteiger partial charge in [-0.05, 0) is 18.2 Å². The van der Waals surface area contributed by atoms with Crippen molar-refractivity contribution in [1.82, 2.24) is 30.5 Å². The molecule has 3 heterocycles. The number of imide groups is 1. The molecule has 11 heteroatoms. The van der Waals surface area contributed by atoms with Gasteiger partial charge in [-0.3, -0.25) is 14.9 Å². The van der Waals surface area contributed by atoms with E-state index in [9.17, 15) is 14.4 Å². The van der Waals surface area contributed by atoms with Crippen LogP contribution in [-0.4, -0.2) is 38.9 Å². The Morgan fingerprint density at radius 3 is 2.71 bits per heavy atom. The molecule has 4 amide bonds. The van der Waals surface area contributed by atoms with E-state index in [0.717, 1.165) is 0 Å². The van der Waals surface area contributed by atoms with Gasteiger partial charge in [0.1, 0.15) is 11.5 Å². The minimum absolute atomic E-state index is 0.196. The van der Waals surface area contributed by atoms with E-state index in [0.29, 0.717) is 26.8 Å². The molecule has 1 saturated heterocycles. The van der Waals surface area contributed by atoms with Gasteiger partial charge in [-0.1, -0.05) is 23.2 Å². The lowest BCUT2D eigenvalue weighted by molar-refractivity contribution is -0.124. The smallest absolute Gasteiger partial charge is 0.322 e. The Morgan fingerprint density at radius 2 is 2.07 bits per heavy atom. The fourth-order valence-electron chi connectivity index (χ4n) is 3.22. The molecule has 1 atom stereocenters. The number of rotatable bonds is 4. The number of nitrogens with one attached hydrogen (secondary N) is 4. The van der Waals surface area contributed by atoms with Crippen LogP contribution in [0.2, 0.25) is 10.0 Å². The van der Waals surface area contributed by atoms with E-state index < -0.39 is 23.4 Å². The number of benzene rings is 1. The third-order valence-electron chi connectivity index (χ3n) is 4.56. The number of aromatic amines is 1. The zero-order valence-corrected chi connectivity index (χ0v) is 16.0. The molecule has 1 aliphatic rings. The molecule has 3 aromatic rings. The van der Waals surface area contributed by atoms with Crippen molar-refractivity contribution < 1.29 is 14.4 Å². The number of nitrogens with zero attached hydrogens (tertiary/aromatic N) is 2. The molecule has 0 aliphatic carbocycles. The molecule has 0 radical (unpaired) electrons. The largest absolute Gasteiger partial charge is 0.350 e. The van der Waals surface area contributed by atoms with Crippen LogP contribution in [0.4, 0.5) is 4.79 Å². The van der Waals surface area contributed by atoms with E-state index in [1.807, 2.05) is 0 Å². The number of imidazole rings is 1. The summed E-state index contributed by atoms with van der Waals surface area (Å²) in [7, 11) is 1.69. The summed E-state index contributed by atoms with van der Waals surface area (Å²) in [5, 5.41) is 8.90. The number of hydrogen-bond acceptors (Lipinski definition) is 4. The number of fused-ring (bicyclic) bond motifs is 1. The Kier molecular flexibility index (Phi) is 4.28. The monoisotopic (exact) mass is 420 g/mol. The normalized spacial score (nSPS) is 19.0. The fraction of sp³-hybridized carbons (Fsp3) is 0.176. The summed E-state index contributed by atoms with van der Waals surface area (Å²) in [6.45, 7) is -0.196. The maximum absolute atomic E-state index is 12.7. The average molecular weight is 421 g/mol. The van der Waals surface area contributed by atoms with Crippen molar-refractivity contribution in [3.8, 4) is 0 Å². The average Bonchev–Trinajstić information content (AvgIpc) is 3.30. The summed E-state index contributed by atoms with van der Waals surface area (Å²) in [5.74, 6) is -0.785. The van der Waals surface area contributed by atoms with Gasteiger partial charge in [-0.15, -0.1) is 0 Å². The molecule has 9 nitrogen and oxygen atoms in total. The Bertz CT molecular complexity index is 1140. The van der Waals surface area contributed by atoms with Crippen molar-refractivity contribution in [1.29, 1.82) is 0 Å². The number of amides is 4. The second-order valence-electron chi connectivity index (χ2n) is 6.39. The van der Waals surface area contributed by atoms with Crippen LogP contribution < -0.4 is 16.0 Å². The Balaban J connectivity index is 1.62. The number of urea groups is 1. The van der Waals surface area contributed by atoms with E-state index in [1.54, 1.807) is 36.0 Å². The second-order valence-corrected chi connectivity index (χ2v) is 7.23. The number of aryl methyl sites for hydroxylation is 1. The van der Waals surface area contributed by atoms with Crippen LogP contribution in [0.25, 0.3) is 10.9 Å². The zero-order valence-electron chi connectivity index (χ0n) is 14.5. The lowest BCUT2D eigenvalue weighted by Crippen LogP contribution is -2.54. The van der Waals surface area contributed by atoms with Crippen LogP contribution in [0.5, 0.6) is 0 Å². The summed E-state index contributed by atoms with van der Waals surface area (Å²) in [4.78, 5) is 44.0. The third-order valence-corrected chi connectivity index (χ3v) is 5.09. The van der Waals surface area contributed by atoms with E-state index in [2.05, 4.69) is 25.9 Å². The fourth-order valence-corrected chi connectivity index (χ4v) is 3.77. The van der Waals surface area contributed by atoms with Gasteiger partial charge in [-0.25, -0.2) is 9.78 Å². The number of H-pyrrole nitrogens is 1. The molecular weight excluding hydrogens is 407 g/mol. The second kappa shape index (κ2) is 6.54. The summed E-state index contributed by atoms with van der Waals surface area (Å²) < 4.78 is 1.60. The molecule has 2 aromatic heterocycles. The molecule has 1 aliphatic heterocycles. The highest BCUT2D eigenvalue weighted by Crippen LogP contribution is 2.28. The highest BCUT2D eigenvalue weighted by molar-refractivity contribution is 6.38. The highest BCUT2D eigenvalue weighted by atomic mass is 35.5. The van der Waals surface area contributed by atoms with Gasteiger partial charge < -0.3 is 20.2 Å². The van der Waals surface area contributed by atoms with Gasteiger partial charge in [0.2, 0.25) is 0 Å². The highest BCUT2D eigenvalue weighted by Gasteiger charge is 2.50. The minimum atomic E-state index is -1.52. The molecular formula is C17H14Cl2N6O3. The molecule has 4 rings (SSSR count). The minimum Gasteiger partial charge on any atom is -0.350 e. The first kappa shape index (κ1) is 18.3. The standard InChI is InChI=1S/C17H14Cl2N6O3/c1-25-3-2-20-14(25)17(15(27)23-16(28)24-17)7-21-13(26)12-6-9-10(19)4-8(18)5-11(9)22-12/h2-6,22H,7H2,1H3,(H,21,26)(H2,23,24,27,28). The van der Waals surface area contributed by atoms with Gasteiger partial charge in [0.05, 0.1) is 11.6 Å². The predicted molar refractivity (Wildman–Crippen MR) is 102 cm³/mol. The van der Waals surface area contributed by atoms with Crippen LogP contribution in [0.15, 0.2) is 30.6 Å². The van der Waals surface area contributed by atoms with Crippen LogP contribution in [-0.2, 0) is 17.4 Å². The Hall–Kier alpha value is -3.04. The van der Waals surface area contributed by atoms with E-state index in [-0.39, 0.29) is 12.2 Å². The Labute approximate surface area is 168 Å². The summed E-state index contributed by atoms with van der Waals surface area (Å²) in [6.07, 6.45) is 3.14. The lowest BCUT2D eigenvalue weighted by atomic mass is 9.98. The molecule has 0 spiro atoms. The van der Waals surface area contributed by atoms with E-state index in [4.69, 9.17) is 23.2 Å². The zero-order chi connectivity index (χ0) is 20.1. The number of halogens is 2. The number of hydrogen-bond donors (Lipinski definition) is 4. The SMILES string of the molecule is Cn1ccnc1C1(CNC(=O)c2cc3c(Cl)cc(Cl)cc3[nH]2)NC(=O)NC1=O. The van der Waals surface area contributed by atoms with Crippen LogP contribution >= 0.6 is 23.2 Å². The molecule has 1 aromatic carbocycles. The summed E-state index contributed by atoms with van der Waals surface area (Å²) in [5.41, 5.74) is -0.676. The first-order valence-electron chi connectivity index (χ1n) is 8.17. The molecule has 1 fully saturated rings. The third kappa shape index (κ3) is 2.88. The number of carbonyl (C=O) groups is 3. The van der Waals surface area contributed by atoms with Crippen molar-refractivity contribution in [2.75, 3.05) is 6.54 Å². The van der Waals surface area contributed by atoms with Crippen LogP contribution in [0.1, 0.15) is 16.3 Å². The first-order chi connectivity index (χ1) is 13.3. The summed E-state index contributed by atoms with van der Waals surface area (Å²) in [6, 6.07) is 4.16. The van der Waals surface area contributed by atoms with Crippen molar-refractivity contribution in [2.45, 2.75) is 5.54 Å².